The quantitative estimate of drug-likeness (QED) is 0.523. The summed E-state index contributed by atoms with van der Waals surface area (Å²) in [6.07, 6.45) is 2.17. The Kier molecular flexibility index (Phi) is 6.57. The molecule has 26 heavy (non-hydrogen) atoms. The van der Waals surface area contributed by atoms with E-state index < -0.39 is 6.03 Å². The summed E-state index contributed by atoms with van der Waals surface area (Å²) in [5.41, 5.74) is 6.78. The van der Waals surface area contributed by atoms with Gasteiger partial charge in [0.05, 0.1) is 13.7 Å². The van der Waals surface area contributed by atoms with Crippen molar-refractivity contribution < 1.29 is 19.5 Å². The summed E-state index contributed by atoms with van der Waals surface area (Å²) in [6, 6.07) is 11.0. The monoisotopic (exact) mass is 357 g/mol. The van der Waals surface area contributed by atoms with Gasteiger partial charge >= 0.3 is 6.03 Å². The number of hydrogen-bond donors (Lipinski definition) is 3. The third kappa shape index (κ3) is 5.49. The fraction of sp³-hybridized carbons (Fsp3) is 0.263. The number of hydroxylamine groups is 2. The van der Waals surface area contributed by atoms with Crippen molar-refractivity contribution in [2.24, 2.45) is 5.73 Å². The highest BCUT2D eigenvalue weighted by molar-refractivity contribution is 5.86. The topological polar surface area (TPSA) is 105 Å². The molecule has 0 aliphatic heterocycles. The molecule has 0 aliphatic carbocycles. The number of fused-ring (bicyclic) bond motifs is 1. The molecule has 0 unspecified atom stereocenters. The molecule has 3 amide bonds. The third-order valence-corrected chi connectivity index (χ3v) is 3.82. The van der Waals surface area contributed by atoms with E-state index in [1.54, 1.807) is 7.11 Å². The van der Waals surface area contributed by atoms with Crippen LogP contribution in [0.5, 0.6) is 5.75 Å². The van der Waals surface area contributed by atoms with Crippen LogP contribution in [0.4, 0.5) is 4.79 Å². The van der Waals surface area contributed by atoms with Crippen molar-refractivity contribution in [2.45, 2.75) is 13.3 Å². The van der Waals surface area contributed by atoms with Gasteiger partial charge in [0.25, 0.3) is 0 Å². The molecular formula is C19H23N3O4. The first-order chi connectivity index (χ1) is 12.4. The highest BCUT2D eigenvalue weighted by Crippen LogP contribution is 2.23. The SMILES string of the molecule is COc1ccc2cc(C=C(C)CC(=O)NCCN(O)C(N)=O)ccc2c1. The summed E-state index contributed by atoms with van der Waals surface area (Å²) in [7, 11) is 1.64. The summed E-state index contributed by atoms with van der Waals surface area (Å²) < 4.78 is 5.22. The Morgan fingerprint density at radius 3 is 2.62 bits per heavy atom. The molecule has 0 aliphatic rings. The number of nitrogens with one attached hydrogen (secondary N) is 1. The maximum atomic E-state index is 11.9. The maximum Gasteiger partial charge on any atom is 0.338 e. The standard InChI is InChI=1S/C19H23N3O4/c1-13(10-18(23)21-7-8-22(25)19(20)24)9-14-3-4-16-12-17(26-2)6-5-15(16)11-14/h3-6,9,11-12,25H,7-8,10H2,1-2H3,(H2,20,24)(H,21,23). The van der Waals surface area contributed by atoms with Gasteiger partial charge in [-0.1, -0.05) is 29.8 Å². The van der Waals surface area contributed by atoms with Crippen molar-refractivity contribution >= 4 is 28.8 Å². The Balaban J connectivity index is 1.95. The van der Waals surface area contributed by atoms with Crippen molar-refractivity contribution in [3.05, 3.63) is 47.5 Å². The summed E-state index contributed by atoms with van der Waals surface area (Å²) >= 11 is 0. The maximum absolute atomic E-state index is 11.9. The van der Waals surface area contributed by atoms with Gasteiger partial charge in [-0.15, -0.1) is 0 Å². The van der Waals surface area contributed by atoms with E-state index in [0.29, 0.717) is 5.06 Å². The zero-order valence-corrected chi connectivity index (χ0v) is 14.9. The number of ether oxygens (including phenoxy) is 1. The van der Waals surface area contributed by atoms with Crippen LogP contribution in [0.2, 0.25) is 0 Å². The van der Waals surface area contributed by atoms with Crippen LogP contribution in [0.15, 0.2) is 42.0 Å². The molecule has 2 rings (SSSR count). The number of methoxy groups -OCH3 is 1. The second kappa shape index (κ2) is 8.87. The highest BCUT2D eigenvalue weighted by Gasteiger charge is 2.07. The molecule has 2 aromatic rings. The number of rotatable bonds is 7. The van der Waals surface area contributed by atoms with Gasteiger partial charge in [-0.25, -0.2) is 9.86 Å². The minimum Gasteiger partial charge on any atom is -0.497 e. The molecule has 0 radical (unpaired) electrons. The number of nitrogens with two attached hydrogens (primary N) is 1. The van der Waals surface area contributed by atoms with Crippen molar-refractivity contribution in [1.29, 1.82) is 0 Å². The summed E-state index contributed by atoms with van der Waals surface area (Å²) in [4.78, 5) is 22.6. The van der Waals surface area contributed by atoms with E-state index in [1.807, 2.05) is 49.4 Å². The molecule has 7 nitrogen and oxygen atoms in total. The molecule has 0 bridgehead atoms. The summed E-state index contributed by atoms with van der Waals surface area (Å²) in [5.74, 6) is 0.619. The lowest BCUT2D eigenvalue weighted by Crippen LogP contribution is -2.39. The Labute approximate surface area is 152 Å². The first-order valence-electron chi connectivity index (χ1n) is 8.16. The number of nitrogens with zero attached hydrogens (tertiary/aromatic N) is 1. The smallest absolute Gasteiger partial charge is 0.338 e. The van der Waals surface area contributed by atoms with Gasteiger partial charge < -0.3 is 15.8 Å². The number of amides is 3. The van der Waals surface area contributed by atoms with Gasteiger partial charge in [-0.3, -0.25) is 10.0 Å². The van der Waals surface area contributed by atoms with Crippen LogP contribution in [0.1, 0.15) is 18.9 Å². The van der Waals surface area contributed by atoms with Crippen LogP contribution >= 0.6 is 0 Å². The van der Waals surface area contributed by atoms with Crippen molar-refractivity contribution in [3.8, 4) is 5.75 Å². The van der Waals surface area contributed by atoms with E-state index in [-0.39, 0.29) is 25.4 Å². The molecule has 0 saturated carbocycles. The van der Waals surface area contributed by atoms with Crippen LogP contribution in [0.25, 0.3) is 16.8 Å². The third-order valence-electron chi connectivity index (χ3n) is 3.82. The number of benzene rings is 2. The first-order valence-corrected chi connectivity index (χ1v) is 8.16. The summed E-state index contributed by atoms with van der Waals surface area (Å²) in [5, 5.41) is 14.3. The number of urea groups is 1. The normalized spacial score (nSPS) is 11.3. The lowest BCUT2D eigenvalue weighted by Gasteiger charge is -2.12. The molecule has 2 aromatic carbocycles. The average Bonchev–Trinajstić information content (AvgIpc) is 2.60. The fourth-order valence-electron chi connectivity index (χ4n) is 2.52. The Hall–Kier alpha value is -3.06. The Bertz CT molecular complexity index is 833. The van der Waals surface area contributed by atoms with Crippen molar-refractivity contribution in [3.63, 3.8) is 0 Å². The predicted molar refractivity (Wildman–Crippen MR) is 99.9 cm³/mol. The van der Waals surface area contributed by atoms with Gasteiger partial charge in [-0.05, 0) is 41.5 Å². The van der Waals surface area contributed by atoms with Gasteiger partial charge in [0.2, 0.25) is 5.91 Å². The number of hydrogen-bond acceptors (Lipinski definition) is 4. The molecule has 0 saturated heterocycles. The molecule has 138 valence electrons. The number of carbonyl (C=O) groups excluding carboxylic acids is 2. The van der Waals surface area contributed by atoms with Crippen LogP contribution < -0.4 is 15.8 Å². The van der Waals surface area contributed by atoms with E-state index in [0.717, 1.165) is 27.7 Å². The Morgan fingerprint density at radius 2 is 1.92 bits per heavy atom. The van der Waals surface area contributed by atoms with E-state index in [1.165, 1.54) is 0 Å². The molecule has 0 atom stereocenters. The van der Waals surface area contributed by atoms with Crippen LogP contribution in [-0.4, -0.2) is 42.4 Å². The number of primary amides is 1. The molecule has 4 N–H and O–H groups in total. The van der Waals surface area contributed by atoms with Gasteiger partial charge in [0.1, 0.15) is 5.75 Å². The zero-order chi connectivity index (χ0) is 19.1. The molecule has 0 aromatic heterocycles. The molecule has 0 fully saturated rings. The van der Waals surface area contributed by atoms with Gasteiger partial charge in [-0.2, -0.15) is 0 Å². The Morgan fingerprint density at radius 1 is 1.23 bits per heavy atom. The minimum atomic E-state index is -0.954. The van der Waals surface area contributed by atoms with Crippen LogP contribution in [-0.2, 0) is 4.79 Å². The number of carbonyl (C=O) groups is 2. The van der Waals surface area contributed by atoms with Crippen LogP contribution in [0, 0.1) is 0 Å². The molecular weight excluding hydrogens is 334 g/mol. The minimum absolute atomic E-state index is 0.0576. The lowest BCUT2D eigenvalue weighted by atomic mass is 10.0. The first kappa shape index (κ1) is 19.3. The lowest BCUT2D eigenvalue weighted by molar-refractivity contribution is -0.120. The average molecular weight is 357 g/mol. The summed E-state index contributed by atoms with van der Waals surface area (Å²) in [6.45, 7) is 1.95. The largest absolute Gasteiger partial charge is 0.497 e. The molecule has 0 heterocycles. The fourth-order valence-corrected chi connectivity index (χ4v) is 2.52. The second-order valence-corrected chi connectivity index (χ2v) is 5.95. The van der Waals surface area contributed by atoms with E-state index in [2.05, 4.69) is 5.32 Å². The van der Waals surface area contributed by atoms with Gasteiger partial charge in [0.15, 0.2) is 0 Å². The second-order valence-electron chi connectivity index (χ2n) is 5.95. The zero-order valence-electron chi connectivity index (χ0n) is 14.9. The highest BCUT2D eigenvalue weighted by atomic mass is 16.5. The van der Waals surface area contributed by atoms with E-state index in [4.69, 9.17) is 15.7 Å². The van der Waals surface area contributed by atoms with Crippen molar-refractivity contribution in [2.75, 3.05) is 20.2 Å². The molecule has 0 spiro atoms. The predicted octanol–water partition coefficient (Wildman–Crippen LogP) is 2.53. The molecule has 7 heteroatoms. The van der Waals surface area contributed by atoms with Crippen LogP contribution in [0.3, 0.4) is 0 Å². The van der Waals surface area contributed by atoms with E-state index >= 15 is 0 Å². The van der Waals surface area contributed by atoms with E-state index in [9.17, 15) is 9.59 Å². The van der Waals surface area contributed by atoms with Crippen molar-refractivity contribution in [1.82, 2.24) is 10.4 Å². The van der Waals surface area contributed by atoms with Gasteiger partial charge in [0, 0.05) is 13.0 Å².